The van der Waals surface area contributed by atoms with E-state index in [1.54, 1.807) is 5.01 Å². The maximum absolute atomic E-state index is 13.1. The molecule has 1 atom stereocenters. The maximum Gasteiger partial charge on any atom is 0.437 e. The summed E-state index contributed by atoms with van der Waals surface area (Å²) >= 11 is 0. The van der Waals surface area contributed by atoms with Crippen molar-refractivity contribution in [3.63, 3.8) is 0 Å². The maximum atomic E-state index is 13.1. The van der Waals surface area contributed by atoms with Crippen LogP contribution in [0, 0.1) is 0 Å². The van der Waals surface area contributed by atoms with Gasteiger partial charge in [-0.2, -0.15) is 0 Å². The molecule has 0 bridgehead atoms. The van der Waals surface area contributed by atoms with Gasteiger partial charge in [-0.1, -0.05) is 30.3 Å². The third-order valence-corrected chi connectivity index (χ3v) is 4.28. The molecule has 0 N–H and O–H groups in total. The standard InChI is InChI=1S/C18H16N4O3/c1-12-16-19-14-10-6-7-11-15(14)20(16)17(23)22(18(24)25-2)21(12)13-8-4-3-5-9-13/h3-12H,1-2H3. The highest BCUT2D eigenvalue weighted by atomic mass is 16.5. The molecule has 0 aliphatic carbocycles. The number of benzene rings is 2. The highest BCUT2D eigenvalue weighted by Gasteiger charge is 2.42. The minimum absolute atomic E-state index is 0.341. The van der Waals surface area contributed by atoms with Gasteiger partial charge in [-0.25, -0.2) is 19.1 Å². The van der Waals surface area contributed by atoms with Gasteiger partial charge in [-0.15, -0.1) is 5.01 Å². The van der Waals surface area contributed by atoms with Crippen LogP contribution in [0.15, 0.2) is 54.6 Å². The number of methoxy groups -OCH3 is 1. The van der Waals surface area contributed by atoms with Crippen LogP contribution < -0.4 is 5.01 Å². The molecule has 2 aromatic carbocycles. The van der Waals surface area contributed by atoms with Crippen LogP contribution in [0.25, 0.3) is 11.0 Å². The quantitative estimate of drug-likeness (QED) is 0.679. The van der Waals surface area contributed by atoms with Gasteiger partial charge in [-0.05, 0) is 31.2 Å². The molecule has 0 fully saturated rings. The number of amides is 2. The van der Waals surface area contributed by atoms with Crippen molar-refractivity contribution < 1.29 is 14.3 Å². The number of imide groups is 1. The van der Waals surface area contributed by atoms with Crippen LogP contribution in [0.1, 0.15) is 18.8 Å². The lowest BCUT2D eigenvalue weighted by Crippen LogP contribution is -2.57. The van der Waals surface area contributed by atoms with Gasteiger partial charge in [0.25, 0.3) is 0 Å². The molecular weight excluding hydrogens is 320 g/mol. The molecule has 0 spiro atoms. The second kappa shape index (κ2) is 5.62. The predicted molar refractivity (Wildman–Crippen MR) is 92.1 cm³/mol. The number of nitrogens with zero attached hydrogens (tertiary/aromatic N) is 4. The summed E-state index contributed by atoms with van der Waals surface area (Å²) in [5, 5.41) is 2.62. The van der Waals surface area contributed by atoms with E-state index < -0.39 is 12.1 Å². The van der Waals surface area contributed by atoms with E-state index in [0.29, 0.717) is 22.5 Å². The van der Waals surface area contributed by atoms with Crippen molar-refractivity contribution in [2.75, 3.05) is 12.1 Å². The molecule has 1 aliphatic rings. The average molecular weight is 336 g/mol. The Labute approximate surface area is 144 Å². The van der Waals surface area contributed by atoms with Crippen molar-refractivity contribution in [1.82, 2.24) is 14.6 Å². The lowest BCUT2D eigenvalue weighted by Gasteiger charge is -2.41. The molecule has 0 radical (unpaired) electrons. The van der Waals surface area contributed by atoms with E-state index >= 15 is 0 Å². The number of hydrogen-bond acceptors (Lipinski definition) is 5. The van der Waals surface area contributed by atoms with Crippen molar-refractivity contribution in [1.29, 1.82) is 0 Å². The number of carbonyl (C=O) groups excluding carboxylic acids is 2. The Hall–Kier alpha value is -3.35. The minimum Gasteiger partial charge on any atom is -0.451 e. The number of ether oxygens (including phenoxy) is 1. The number of imidazole rings is 1. The van der Waals surface area contributed by atoms with Gasteiger partial charge in [0, 0.05) is 0 Å². The SMILES string of the molecule is COC(=O)N1C(=O)n2c(nc3ccccc32)C(C)N1c1ccccc1. The van der Waals surface area contributed by atoms with E-state index in [2.05, 4.69) is 4.98 Å². The first-order valence-corrected chi connectivity index (χ1v) is 7.87. The molecule has 25 heavy (non-hydrogen) atoms. The van der Waals surface area contributed by atoms with Crippen molar-refractivity contribution in [2.45, 2.75) is 13.0 Å². The molecular formula is C18H16N4O3. The summed E-state index contributed by atoms with van der Waals surface area (Å²) in [4.78, 5) is 30.1. The summed E-state index contributed by atoms with van der Waals surface area (Å²) in [7, 11) is 1.25. The molecule has 7 heteroatoms. The van der Waals surface area contributed by atoms with Crippen LogP contribution in [0.4, 0.5) is 15.3 Å². The highest BCUT2D eigenvalue weighted by Crippen LogP contribution is 2.35. The zero-order chi connectivity index (χ0) is 17.6. The number of para-hydroxylation sites is 3. The van der Waals surface area contributed by atoms with E-state index in [1.807, 2.05) is 61.5 Å². The normalized spacial score (nSPS) is 16.9. The summed E-state index contributed by atoms with van der Waals surface area (Å²) in [6, 6.07) is 15.7. The van der Waals surface area contributed by atoms with Crippen LogP contribution in [0.5, 0.6) is 0 Å². The first-order chi connectivity index (χ1) is 12.1. The Kier molecular flexibility index (Phi) is 3.42. The van der Waals surface area contributed by atoms with Gasteiger partial charge in [0.2, 0.25) is 0 Å². The molecule has 3 aromatic rings. The fourth-order valence-corrected chi connectivity index (χ4v) is 3.17. The number of hydrogen-bond donors (Lipinski definition) is 0. The Morgan fingerprint density at radius 1 is 1.08 bits per heavy atom. The van der Waals surface area contributed by atoms with E-state index in [1.165, 1.54) is 11.7 Å². The summed E-state index contributed by atoms with van der Waals surface area (Å²) in [5.41, 5.74) is 2.07. The summed E-state index contributed by atoms with van der Waals surface area (Å²) in [6.45, 7) is 1.90. The van der Waals surface area contributed by atoms with Gasteiger partial charge in [0.15, 0.2) is 0 Å². The van der Waals surface area contributed by atoms with Crippen molar-refractivity contribution in [2.24, 2.45) is 0 Å². The number of carbonyl (C=O) groups is 2. The highest BCUT2D eigenvalue weighted by molar-refractivity contribution is 6.00. The second-order valence-corrected chi connectivity index (χ2v) is 5.71. The van der Waals surface area contributed by atoms with Gasteiger partial charge in [0.1, 0.15) is 11.9 Å². The Morgan fingerprint density at radius 2 is 1.76 bits per heavy atom. The Morgan fingerprint density at radius 3 is 2.48 bits per heavy atom. The van der Waals surface area contributed by atoms with Crippen molar-refractivity contribution >= 4 is 28.8 Å². The van der Waals surface area contributed by atoms with E-state index in [-0.39, 0.29) is 6.04 Å². The first-order valence-electron chi connectivity index (χ1n) is 7.87. The largest absolute Gasteiger partial charge is 0.451 e. The molecule has 2 heterocycles. The van der Waals surface area contributed by atoms with Gasteiger partial charge >= 0.3 is 12.1 Å². The molecule has 2 amide bonds. The third-order valence-electron chi connectivity index (χ3n) is 4.28. The number of aromatic nitrogens is 2. The zero-order valence-corrected chi connectivity index (χ0v) is 13.8. The fraction of sp³-hybridized carbons (Fsp3) is 0.167. The first kappa shape index (κ1) is 15.2. The average Bonchev–Trinajstić information content (AvgIpc) is 3.04. The lowest BCUT2D eigenvalue weighted by atomic mass is 10.2. The molecule has 1 aliphatic heterocycles. The number of rotatable bonds is 1. The van der Waals surface area contributed by atoms with Crippen LogP contribution in [0.3, 0.4) is 0 Å². The molecule has 0 saturated carbocycles. The Balaban J connectivity index is 1.96. The fourth-order valence-electron chi connectivity index (χ4n) is 3.17. The van der Waals surface area contributed by atoms with E-state index in [9.17, 15) is 9.59 Å². The monoisotopic (exact) mass is 336 g/mol. The number of hydrazine groups is 1. The van der Waals surface area contributed by atoms with Gasteiger partial charge in [-0.3, -0.25) is 5.01 Å². The third kappa shape index (κ3) is 2.16. The minimum atomic E-state index is -0.746. The molecule has 126 valence electrons. The summed E-state index contributed by atoms with van der Waals surface area (Å²) < 4.78 is 6.32. The smallest absolute Gasteiger partial charge is 0.437 e. The molecule has 4 rings (SSSR count). The summed E-state index contributed by atoms with van der Waals surface area (Å²) in [5.74, 6) is 0.579. The summed E-state index contributed by atoms with van der Waals surface area (Å²) in [6.07, 6.45) is -0.746. The van der Waals surface area contributed by atoms with Crippen LogP contribution in [-0.4, -0.2) is 33.8 Å². The molecule has 1 aromatic heterocycles. The number of fused-ring (bicyclic) bond motifs is 3. The second-order valence-electron chi connectivity index (χ2n) is 5.71. The molecule has 0 saturated heterocycles. The van der Waals surface area contributed by atoms with Gasteiger partial charge in [0.05, 0.1) is 23.8 Å². The van der Waals surface area contributed by atoms with Crippen LogP contribution in [0.2, 0.25) is 0 Å². The molecule has 7 nitrogen and oxygen atoms in total. The van der Waals surface area contributed by atoms with Crippen molar-refractivity contribution in [3.8, 4) is 0 Å². The van der Waals surface area contributed by atoms with Gasteiger partial charge < -0.3 is 4.74 Å². The van der Waals surface area contributed by atoms with E-state index in [4.69, 9.17) is 4.74 Å². The predicted octanol–water partition coefficient (Wildman–Crippen LogP) is 3.57. The van der Waals surface area contributed by atoms with E-state index in [0.717, 1.165) is 5.01 Å². The topological polar surface area (TPSA) is 67.7 Å². The zero-order valence-electron chi connectivity index (χ0n) is 13.8. The number of anilines is 1. The molecule has 1 unspecified atom stereocenters. The van der Waals surface area contributed by atoms with Crippen LogP contribution >= 0.6 is 0 Å². The van der Waals surface area contributed by atoms with Crippen molar-refractivity contribution in [3.05, 3.63) is 60.4 Å². The van der Waals surface area contributed by atoms with Crippen LogP contribution in [-0.2, 0) is 4.74 Å². The Bertz CT molecular complexity index is 967. The lowest BCUT2D eigenvalue weighted by molar-refractivity contribution is 0.117.